The summed E-state index contributed by atoms with van der Waals surface area (Å²) < 4.78 is 35.9. The lowest BCUT2D eigenvalue weighted by atomic mass is 9.70. The molecule has 336 valence electrons. The van der Waals surface area contributed by atoms with Gasteiger partial charge in [-0.25, -0.2) is 23.1 Å². The quantitative estimate of drug-likeness (QED) is 0.0759. The standard InChI is InChI=1S/C49H58N8O6S/c1-48(2)17-14-32(15-18-48)27-51-46-43(57(59)60)26-37(29-53-46)64(61,62)54-47(58)41-13-12-35(25-44(41)63-36-24-34-16-21-50-45(34)52-28-36)55-22-19-49(20-23-55)30-56(31-49)42-9-5-8-40(42)39-7-4-3-6-38(39)33-10-11-33/h3-4,6-7,12-13,16,21,24-26,28-29,32-33,40,42H,5,8-11,14-15,17-20,22-23,27,30-31H2,1-2H3,(H,50,52)(H,51,53)(H,54,58)/t40-,42+/m0/s1. The highest BCUT2D eigenvalue weighted by molar-refractivity contribution is 7.90. The summed E-state index contributed by atoms with van der Waals surface area (Å²) in [4.78, 5) is 41.7. The second kappa shape index (κ2) is 16.8. The predicted octanol–water partition coefficient (Wildman–Crippen LogP) is 9.52. The fourth-order valence-electron chi connectivity index (χ4n) is 11.0. The van der Waals surface area contributed by atoms with E-state index in [-0.39, 0.29) is 28.0 Å². The number of hydrogen-bond acceptors (Lipinski definition) is 11. The summed E-state index contributed by atoms with van der Waals surface area (Å²) in [5.74, 6) is 1.28. The monoisotopic (exact) mass is 886 g/mol. The Morgan fingerprint density at radius 2 is 1.69 bits per heavy atom. The molecule has 3 saturated carbocycles. The fraction of sp³-hybridized carbons (Fsp3) is 0.490. The molecule has 5 aromatic rings. The van der Waals surface area contributed by atoms with Gasteiger partial charge < -0.3 is 19.9 Å². The van der Waals surface area contributed by atoms with Gasteiger partial charge in [-0.3, -0.25) is 19.8 Å². The Balaban J connectivity index is 0.833. The minimum Gasteiger partial charge on any atom is -0.455 e. The number of nitrogens with zero attached hydrogens (tertiary/aromatic N) is 5. The lowest BCUT2D eigenvalue weighted by Crippen LogP contribution is -2.63. The smallest absolute Gasteiger partial charge is 0.312 e. The van der Waals surface area contributed by atoms with Gasteiger partial charge in [0.2, 0.25) is 5.82 Å². The number of aromatic amines is 1. The second-order valence-corrected chi connectivity index (χ2v) is 21.7. The van der Waals surface area contributed by atoms with Crippen molar-refractivity contribution < 1.29 is 22.9 Å². The molecular weight excluding hydrogens is 829 g/mol. The number of nitrogens with one attached hydrogen (secondary N) is 3. The number of anilines is 2. The maximum Gasteiger partial charge on any atom is 0.312 e. The topological polar surface area (TPSA) is 176 Å². The lowest BCUT2D eigenvalue weighted by Gasteiger charge is -2.57. The van der Waals surface area contributed by atoms with E-state index in [4.69, 9.17) is 4.74 Å². The van der Waals surface area contributed by atoms with Gasteiger partial charge >= 0.3 is 5.69 Å². The van der Waals surface area contributed by atoms with Crippen molar-refractivity contribution in [3.8, 4) is 11.5 Å². The van der Waals surface area contributed by atoms with Crippen LogP contribution in [-0.4, -0.2) is 77.9 Å². The molecule has 3 N–H and O–H groups in total. The first-order valence-corrected chi connectivity index (χ1v) is 24.6. The number of likely N-dealkylation sites (tertiary alicyclic amines) is 1. The van der Waals surface area contributed by atoms with Gasteiger partial charge in [-0.05, 0) is 128 Å². The molecule has 2 aliphatic heterocycles. The molecule has 5 heterocycles. The van der Waals surface area contributed by atoms with E-state index in [9.17, 15) is 23.3 Å². The van der Waals surface area contributed by atoms with Crippen molar-refractivity contribution in [2.24, 2.45) is 16.7 Å². The zero-order valence-electron chi connectivity index (χ0n) is 36.7. The molecule has 2 aromatic carbocycles. The first-order chi connectivity index (χ1) is 30.8. The summed E-state index contributed by atoms with van der Waals surface area (Å²) in [6, 6.07) is 19.6. The summed E-state index contributed by atoms with van der Waals surface area (Å²) in [6.07, 6.45) is 17.0. The SMILES string of the molecule is CC1(C)CCC(CNc2ncc(S(=O)(=O)NC(=O)c3ccc(N4CCC5(CC4)CN([C@@H]4CCC[C@H]4c4ccccc4C4CC4)C5)cc3Oc3cnc4[nH]ccc4c3)cc2[N+](=O)[O-])CC1. The number of carbonyl (C=O) groups is 1. The number of sulfonamides is 1. The number of carbonyl (C=O) groups excluding carboxylic acids is 1. The second-order valence-electron chi connectivity index (χ2n) is 20.0. The van der Waals surface area contributed by atoms with E-state index in [0.717, 1.165) is 94.0 Å². The number of amides is 1. The summed E-state index contributed by atoms with van der Waals surface area (Å²) in [5, 5.41) is 16.0. The Bertz CT molecular complexity index is 2670. The molecule has 3 aromatic heterocycles. The van der Waals surface area contributed by atoms with E-state index < -0.39 is 31.4 Å². The highest BCUT2D eigenvalue weighted by atomic mass is 32.2. The third-order valence-corrected chi connectivity index (χ3v) is 16.3. The first-order valence-electron chi connectivity index (χ1n) is 23.1. The van der Waals surface area contributed by atoms with Crippen LogP contribution >= 0.6 is 0 Å². The van der Waals surface area contributed by atoms with E-state index in [1.165, 1.54) is 32.1 Å². The molecule has 14 nitrogen and oxygen atoms in total. The van der Waals surface area contributed by atoms with Gasteiger partial charge in [-0.15, -0.1) is 0 Å². The third-order valence-electron chi connectivity index (χ3n) is 15.0. The zero-order valence-corrected chi connectivity index (χ0v) is 37.5. The van der Waals surface area contributed by atoms with Crippen molar-refractivity contribution in [2.75, 3.05) is 42.9 Å². The maximum atomic E-state index is 14.0. The summed E-state index contributed by atoms with van der Waals surface area (Å²) in [5.41, 5.74) is 4.79. The predicted molar refractivity (Wildman–Crippen MR) is 247 cm³/mol. The number of rotatable bonds is 13. The summed E-state index contributed by atoms with van der Waals surface area (Å²) in [6.45, 7) is 8.93. The van der Waals surface area contributed by atoms with Gasteiger partial charge in [0.25, 0.3) is 15.9 Å². The van der Waals surface area contributed by atoms with Crippen molar-refractivity contribution in [3.63, 3.8) is 0 Å². The van der Waals surface area contributed by atoms with Crippen LogP contribution in [0.15, 0.2) is 84.1 Å². The van der Waals surface area contributed by atoms with Crippen molar-refractivity contribution >= 4 is 44.2 Å². The molecule has 64 heavy (non-hydrogen) atoms. The molecule has 5 fully saturated rings. The molecule has 10 rings (SSSR count). The number of benzene rings is 2. The fourth-order valence-corrected chi connectivity index (χ4v) is 12.0. The minimum atomic E-state index is -4.59. The van der Waals surface area contributed by atoms with Gasteiger partial charge in [-0.1, -0.05) is 44.5 Å². The molecular formula is C49H58N8O6S. The van der Waals surface area contributed by atoms with E-state index in [0.29, 0.717) is 35.8 Å². The number of piperidine rings is 1. The number of ether oxygens (including phenoxy) is 1. The Kier molecular flexibility index (Phi) is 11.1. The van der Waals surface area contributed by atoms with Crippen molar-refractivity contribution in [2.45, 2.75) is 107 Å². The Morgan fingerprint density at radius 1 is 0.922 bits per heavy atom. The van der Waals surface area contributed by atoms with E-state index in [1.807, 2.05) is 12.1 Å². The number of fused-ring (bicyclic) bond motifs is 1. The van der Waals surface area contributed by atoms with E-state index >= 15 is 0 Å². The van der Waals surface area contributed by atoms with Gasteiger partial charge in [-0.2, -0.15) is 0 Å². The van der Waals surface area contributed by atoms with Crippen molar-refractivity contribution in [3.05, 3.63) is 106 Å². The van der Waals surface area contributed by atoms with Crippen LogP contribution in [0.3, 0.4) is 0 Å². The minimum absolute atomic E-state index is 0.00888. The number of H-pyrrole nitrogens is 1. The van der Waals surface area contributed by atoms with Crippen LogP contribution in [-0.2, 0) is 10.0 Å². The van der Waals surface area contributed by atoms with Gasteiger partial charge in [0.05, 0.1) is 22.9 Å². The van der Waals surface area contributed by atoms with Gasteiger partial charge in [0, 0.05) is 68.2 Å². The Morgan fingerprint density at radius 3 is 2.44 bits per heavy atom. The van der Waals surface area contributed by atoms with Crippen molar-refractivity contribution in [1.29, 1.82) is 0 Å². The van der Waals surface area contributed by atoms with Gasteiger partial charge in [0.1, 0.15) is 22.0 Å². The van der Waals surface area contributed by atoms with Crippen LogP contribution in [0.2, 0.25) is 0 Å². The normalized spacial score (nSPS) is 22.3. The van der Waals surface area contributed by atoms with Crippen LogP contribution in [0.1, 0.15) is 118 Å². The highest BCUT2D eigenvalue weighted by Crippen LogP contribution is 2.51. The van der Waals surface area contributed by atoms with Crippen molar-refractivity contribution in [1.82, 2.24) is 24.6 Å². The first kappa shape index (κ1) is 42.4. The number of aromatic nitrogens is 3. The zero-order chi connectivity index (χ0) is 44.2. The maximum absolute atomic E-state index is 14.0. The molecule has 15 heteroatoms. The molecule has 2 saturated heterocycles. The number of nitro groups is 1. The third kappa shape index (κ3) is 8.68. The molecule has 2 atom stereocenters. The molecule has 1 amide bonds. The molecule has 5 aliphatic rings. The van der Waals surface area contributed by atoms with Crippen LogP contribution in [0.4, 0.5) is 17.2 Å². The molecule has 0 unspecified atom stereocenters. The molecule has 0 radical (unpaired) electrons. The molecule has 1 spiro atoms. The van der Waals surface area contributed by atoms with Crippen LogP contribution in [0.5, 0.6) is 11.5 Å². The number of pyridine rings is 2. The Labute approximate surface area is 374 Å². The average Bonchev–Trinajstić information content (AvgIpc) is 3.82. The number of hydrogen-bond donors (Lipinski definition) is 3. The molecule has 3 aliphatic carbocycles. The van der Waals surface area contributed by atoms with Gasteiger partial charge in [0.15, 0.2) is 0 Å². The summed E-state index contributed by atoms with van der Waals surface area (Å²) in [7, 11) is -4.59. The Hall–Kier alpha value is -5.54. The van der Waals surface area contributed by atoms with Crippen LogP contribution in [0, 0.1) is 26.9 Å². The molecule has 0 bridgehead atoms. The van der Waals surface area contributed by atoms with E-state index in [2.05, 4.69) is 72.9 Å². The largest absolute Gasteiger partial charge is 0.455 e. The van der Waals surface area contributed by atoms with Crippen LogP contribution in [0.25, 0.3) is 11.0 Å². The summed E-state index contributed by atoms with van der Waals surface area (Å²) >= 11 is 0. The van der Waals surface area contributed by atoms with Crippen LogP contribution < -0.4 is 19.7 Å². The average molecular weight is 887 g/mol. The lowest BCUT2D eigenvalue weighted by molar-refractivity contribution is -0.384. The van der Waals surface area contributed by atoms with E-state index in [1.54, 1.807) is 41.7 Å². The highest BCUT2D eigenvalue weighted by Gasteiger charge is 2.50.